The number of hydrogen-bond acceptors (Lipinski definition) is 2. The molecule has 0 spiro atoms. The van der Waals surface area contributed by atoms with Crippen molar-refractivity contribution in [2.24, 2.45) is 0 Å². The molecule has 0 fully saturated rings. The Labute approximate surface area is 118 Å². The maximum atomic E-state index is 5.76. The van der Waals surface area contributed by atoms with Crippen LogP contribution >= 0.6 is 0 Å². The molecule has 0 saturated carbocycles. The van der Waals surface area contributed by atoms with Crippen LogP contribution in [0.4, 0.5) is 0 Å². The minimum Gasteiger partial charge on any atom is -0.464 e. The number of nitrogens with zero attached hydrogens (tertiary/aromatic N) is 1. The topological polar surface area (TPSA) is 41.8 Å². The smallest absolute Gasteiger partial charge is 0.141 e. The van der Waals surface area contributed by atoms with Gasteiger partial charge < -0.3 is 9.40 Å². The van der Waals surface area contributed by atoms with Crippen molar-refractivity contribution < 1.29 is 4.42 Å². The second kappa shape index (κ2) is 4.67. The number of imidazole rings is 1. The molecule has 1 aromatic carbocycles. The molecule has 102 valence electrons. The van der Waals surface area contributed by atoms with Gasteiger partial charge >= 0.3 is 0 Å². The Morgan fingerprint density at radius 1 is 1.05 bits per heavy atom. The molecule has 0 atom stereocenters. The normalized spacial score (nSPS) is 11.0. The number of nitrogens with one attached hydrogen (secondary N) is 1. The quantitative estimate of drug-likeness (QED) is 0.738. The summed E-state index contributed by atoms with van der Waals surface area (Å²) in [4.78, 5) is 7.80. The first-order valence-corrected chi connectivity index (χ1v) is 6.75. The van der Waals surface area contributed by atoms with E-state index in [0.717, 1.165) is 28.5 Å². The highest BCUT2D eigenvalue weighted by atomic mass is 16.3. The molecule has 2 aromatic heterocycles. The number of hydrogen-bond donors (Lipinski definition) is 1. The van der Waals surface area contributed by atoms with Crippen molar-refractivity contribution in [3.8, 4) is 22.7 Å². The molecule has 0 unspecified atom stereocenters. The maximum Gasteiger partial charge on any atom is 0.141 e. The van der Waals surface area contributed by atoms with Crippen LogP contribution < -0.4 is 0 Å². The summed E-state index contributed by atoms with van der Waals surface area (Å²) in [6.45, 7) is 8.23. The number of aromatic nitrogens is 2. The van der Waals surface area contributed by atoms with E-state index in [9.17, 15) is 0 Å². The molecule has 20 heavy (non-hydrogen) atoms. The Bertz CT molecular complexity index is 725. The van der Waals surface area contributed by atoms with Crippen molar-refractivity contribution in [2.45, 2.75) is 27.7 Å². The lowest BCUT2D eigenvalue weighted by Crippen LogP contribution is -1.85. The molecular weight excluding hydrogens is 248 g/mol. The van der Waals surface area contributed by atoms with Gasteiger partial charge in [0.25, 0.3) is 0 Å². The van der Waals surface area contributed by atoms with E-state index in [1.54, 1.807) is 6.26 Å². The Balaban J connectivity index is 2.06. The molecule has 0 aliphatic rings. The van der Waals surface area contributed by atoms with Gasteiger partial charge in [0.15, 0.2) is 0 Å². The highest BCUT2D eigenvalue weighted by Crippen LogP contribution is 2.31. The van der Waals surface area contributed by atoms with Gasteiger partial charge in [-0.15, -0.1) is 0 Å². The standard InChI is InChI=1S/C17H18N2O/c1-10-6-5-7-11(2)16(10)15-8-14(9-20-15)17-18-12(3)13(4)19-17/h5-9H,1-4H3,(H,18,19). The van der Waals surface area contributed by atoms with E-state index in [4.69, 9.17) is 4.42 Å². The Hall–Kier alpha value is -2.29. The van der Waals surface area contributed by atoms with Crippen LogP contribution in [0.25, 0.3) is 22.7 Å². The van der Waals surface area contributed by atoms with E-state index in [1.807, 2.05) is 19.9 Å². The zero-order valence-electron chi connectivity index (χ0n) is 12.2. The molecule has 0 radical (unpaired) electrons. The summed E-state index contributed by atoms with van der Waals surface area (Å²) < 4.78 is 5.76. The van der Waals surface area contributed by atoms with Crippen LogP contribution in [0, 0.1) is 27.7 Å². The van der Waals surface area contributed by atoms with Gasteiger partial charge in [-0.3, -0.25) is 0 Å². The summed E-state index contributed by atoms with van der Waals surface area (Å²) in [5.41, 5.74) is 6.71. The largest absolute Gasteiger partial charge is 0.464 e. The third-order valence-electron chi connectivity index (χ3n) is 3.73. The average molecular weight is 266 g/mol. The highest BCUT2D eigenvalue weighted by Gasteiger charge is 2.13. The Kier molecular flexibility index (Phi) is 2.97. The third-order valence-corrected chi connectivity index (χ3v) is 3.73. The molecule has 3 rings (SSSR count). The van der Waals surface area contributed by atoms with Crippen LogP contribution in [-0.4, -0.2) is 9.97 Å². The fraction of sp³-hybridized carbons (Fsp3) is 0.235. The van der Waals surface area contributed by atoms with E-state index in [2.05, 4.69) is 42.0 Å². The number of aryl methyl sites for hydroxylation is 4. The molecule has 3 heteroatoms. The van der Waals surface area contributed by atoms with Gasteiger partial charge in [0.2, 0.25) is 0 Å². The number of benzene rings is 1. The monoisotopic (exact) mass is 266 g/mol. The van der Waals surface area contributed by atoms with Crippen LogP contribution in [0.1, 0.15) is 22.5 Å². The molecule has 0 aliphatic heterocycles. The number of aromatic amines is 1. The van der Waals surface area contributed by atoms with Crippen LogP contribution in [0.2, 0.25) is 0 Å². The summed E-state index contributed by atoms with van der Waals surface area (Å²) >= 11 is 0. The predicted molar refractivity (Wildman–Crippen MR) is 80.7 cm³/mol. The summed E-state index contributed by atoms with van der Waals surface area (Å²) in [6.07, 6.45) is 1.76. The van der Waals surface area contributed by atoms with Crippen LogP contribution in [0.5, 0.6) is 0 Å². The first-order chi connectivity index (χ1) is 9.56. The summed E-state index contributed by atoms with van der Waals surface area (Å²) in [7, 11) is 0. The van der Waals surface area contributed by atoms with Gasteiger partial charge in [-0.25, -0.2) is 4.98 Å². The van der Waals surface area contributed by atoms with Gasteiger partial charge in [0.05, 0.1) is 11.3 Å². The van der Waals surface area contributed by atoms with Crippen molar-refractivity contribution in [2.75, 3.05) is 0 Å². The lowest BCUT2D eigenvalue weighted by atomic mass is 10.0. The zero-order valence-corrected chi connectivity index (χ0v) is 12.2. The van der Waals surface area contributed by atoms with Crippen LogP contribution in [0.15, 0.2) is 34.9 Å². The number of H-pyrrole nitrogens is 1. The molecule has 0 bridgehead atoms. The molecule has 0 aliphatic carbocycles. The second-order valence-corrected chi connectivity index (χ2v) is 5.26. The van der Waals surface area contributed by atoms with Crippen molar-refractivity contribution >= 4 is 0 Å². The minimum absolute atomic E-state index is 0.862. The van der Waals surface area contributed by atoms with Crippen LogP contribution in [-0.2, 0) is 0 Å². The third kappa shape index (κ3) is 2.05. The first kappa shape index (κ1) is 12.7. The average Bonchev–Trinajstić information content (AvgIpc) is 2.98. The Morgan fingerprint density at radius 3 is 2.35 bits per heavy atom. The van der Waals surface area contributed by atoms with Crippen molar-refractivity contribution in [1.29, 1.82) is 0 Å². The molecule has 2 heterocycles. The summed E-state index contributed by atoms with van der Waals surface area (Å²) in [6, 6.07) is 8.32. The lowest BCUT2D eigenvalue weighted by molar-refractivity contribution is 0.582. The van der Waals surface area contributed by atoms with Crippen LogP contribution in [0.3, 0.4) is 0 Å². The number of furan rings is 1. The van der Waals surface area contributed by atoms with Crippen molar-refractivity contribution in [3.63, 3.8) is 0 Å². The second-order valence-electron chi connectivity index (χ2n) is 5.26. The first-order valence-electron chi connectivity index (χ1n) is 6.75. The molecule has 1 N–H and O–H groups in total. The summed E-state index contributed by atoms with van der Waals surface area (Å²) in [5.74, 6) is 1.75. The molecule has 0 amide bonds. The minimum atomic E-state index is 0.862. The van der Waals surface area contributed by atoms with Crippen molar-refractivity contribution in [3.05, 3.63) is 53.0 Å². The predicted octanol–water partition coefficient (Wildman–Crippen LogP) is 4.57. The fourth-order valence-electron chi connectivity index (χ4n) is 2.48. The lowest BCUT2D eigenvalue weighted by Gasteiger charge is -2.05. The van der Waals surface area contributed by atoms with E-state index >= 15 is 0 Å². The van der Waals surface area contributed by atoms with Gasteiger partial charge in [-0.2, -0.15) is 0 Å². The SMILES string of the molecule is Cc1cccc(C)c1-c1cc(-c2nc(C)c(C)[nH]2)co1. The van der Waals surface area contributed by atoms with E-state index in [-0.39, 0.29) is 0 Å². The van der Waals surface area contributed by atoms with Gasteiger partial charge in [0.1, 0.15) is 17.8 Å². The van der Waals surface area contributed by atoms with E-state index in [1.165, 1.54) is 16.7 Å². The van der Waals surface area contributed by atoms with Gasteiger partial charge in [-0.05, 0) is 44.9 Å². The molecule has 3 nitrogen and oxygen atoms in total. The number of rotatable bonds is 2. The summed E-state index contributed by atoms with van der Waals surface area (Å²) in [5, 5.41) is 0. The van der Waals surface area contributed by atoms with Crippen molar-refractivity contribution in [1.82, 2.24) is 9.97 Å². The fourth-order valence-corrected chi connectivity index (χ4v) is 2.48. The van der Waals surface area contributed by atoms with Gasteiger partial charge in [-0.1, -0.05) is 18.2 Å². The highest BCUT2D eigenvalue weighted by molar-refractivity contribution is 5.71. The van der Waals surface area contributed by atoms with Gasteiger partial charge in [0, 0.05) is 11.3 Å². The van der Waals surface area contributed by atoms with E-state index in [0.29, 0.717) is 0 Å². The molecule has 3 aromatic rings. The maximum absolute atomic E-state index is 5.76. The molecular formula is C17H18N2O. The molecule has 0 saturated heterocycles. The zero-order chi connectivity index (χ0) is 14.3. The van der Waals surface area contributed by atoms with E-state index < -0.39 is 0 Å². The Morgan fingerprint density at radius 2 is 1.75 bits per heavy atom.